The highest BCUT2D eigenvalue weighted by atomic mass is 35.5. The van der Waals surface area contributed by atoms with Crippen LogP contribution in [0.1, 0.15) is 27.2 Å². The lowest BCUT2D eigenvalue weighted by Gasteiger charge is -2.23. The van der Waals surface area contributed by atoms with Crippen LogP contribution in [-0.4, -0.2) is 50.1 Å². The normalized spacial score (nSPS) is 21.5. The van der Waals surface area contributed by atoms with Crippen LogP contribution in [0, 0.1) is 5.41 Å². The van der Waals surface area contributed by atoms with Gasteiger partial charge in [0.25, 0.3) is 0 Å². The summed E-state index contributed by atoms with van der Waals surface area (Å²) in [6, 6.07) is 4.71. The van der Waals surface area contributed by atoms with Crippen molar-refractivity contribution in [2.45, 2.75) is 36.4 Å². The number of halogens is 2. The van der Waals surface area contributed by atoms with Crippen LogP contribution in [0.15, 0.2) is 23.1 Å². The zero-order chi connectivity index (χ0) is 19.9. The second-order valence-electron chi connectivity index (χ2n) is 6.83. The molecule has 1 aromatic carbocycles. The predicted molar refractivity (Wildman–Crippen MR) is 107 cm³/mol. The van der Waals surface area contributed by atoms with E-state index < -0.39 is 19.8 Å². The summed E-state index contributed by atoms with van der Waals surface area (Å²) in [4.78, 5) is 14.6. The standard InChI is InChI=1S/C17H25Cl2N3O3S/c1-6-22(7-2)26(24,25)12-8-9-14(21(4)5)13(10-12)20-15(23)16(3)11-17(16,18)19/h8-10H,6-7,11H2,1-5H3,(H,20,23). The van der Waals surface area contributed by atoms with Crippen molar-refractivity contribution < 1.29 is 13.2 Å². The average Bonchev–Trinajstić information content (AvgIpc) is 3.07. The third-order valence-corrected chi connectivity index (χ3v) is 7.95. The van der Waals surface area contributed by atoms with Crippen LogP contribution >= 0.6 is 23.2 Å². The first-order valence-corrected chi connectivity index (χ1v) is 10.6. The van der Waals surface area contributed by atoms with Gasteiger partial charge in [-0.2, -0.15) is 4.31 Å². The van der Waals surface area contributed by atoms with Gasteiger partial charge >= 0.3 is 0 Å². The van der Waals surface area contributed by atoms with E-state index in [1.807, 2.05) is 14.1 Å². The fourth-order valence-corrected chi connectivity index (χ4v) is 4.98. The molecule has 1 unspecified atom stereocenters. The van der Waals surface area contributed by atoms with Crippen molar-refractivity contribution in [2.24, 2.45) is 5.41 Å². The maximum Gasteiger partial charge on any atom is 0.243 e. The molecule has 0 spiro atoms. The molecule has 1 atom stereocenters. The number of carbonyl (C=O) groups is 1. The molecule has 0 saturated heterocycles. The van der Waals surface area contributed by atoms with Crippen molar-refractivity contribution in [3.63, 3.8) is 0 Å². The molecule has 1 N–H and O–H groups in total. The number of amides is 1. The van der Waals surface area contributed by atoms with Crippen molar-refractivity contribution in [2.75, 3.05) is 37.4 Å². The highest BCUT2D eigenvalue weighted by Crippen LogP contribution is 2.64. The van der Waals surface area contributed by atoms with Gasteiger partial charge in [-0.05, 0) is 31.5 Å². The Morgan fingerprint density at radius 3 is 2.19 bits per heavy atom. The number of rotatable bonds is 7. The molecule has 6 nitrogen and oxygen atoms in total. The minimum absolute atomic E-state index is 0.131. The van der Waals surface area contributed by atoms with Crippen LogP contribution in [-0.2, 0) is 14.8 Å². The van der Waals surface area contributed by atoms with Crippen molar-refractivity contribution in [1.29, 1.82) is 0 Å². The summed E-state index contributed by atoms with van der Waals surface area (Å²) in [5.74, 6) is -0.331. The van der Waals surface area contributed by atoms with Crippen LogP contribution in [0.5, 0.6) is 0 Å². The molecule has 1 amide bonds. The van der Waals surface area contributed by atoms with E-state index in [0.717, 1.165) is 0 Å². The molecule has 0 radical (unpaired) electrons. The first-order chi connectivity index (χ1) is 11.9. The van der Waals surface area contributed by atoms with E-state index in [4.69, 9.17) is 23.2 Å². The van der Waals surface area contributed by atoms with E-state index >= 15 is 0 Å². The van der Waals surface area contributed by atoms with Crippen molar-refractivity contribution in [1.82, 2.24) is 4.31 Å². The highest BCUT2D eigenvalue weighted by molar-refractivity contribution is 7.89. The van der Waals surface area contributed by atoms with Crippen molar-refractivity contribution in [3.05, 3.63) is 18.2 Å². The Morgan fingerprint density at radius 1 is 1.23 bits per heavy atom. The van der Waals surface area contributed by atoms with Gasteiger partial charge in [0.05, 0.1) is 21.7 Å². The second-order valence-corrected chi connectivity index (χ2v) is 10.3. The summed E-state index contributed by atoms with van der Waals surface area (Å²) in [5.41, 5.74) is 0.203. The van der Waals surface area contributed by atoms with Crippen molar-refractivity contribution >= 4 is 50.5 Å². The second kappa shape index (κ2) is 7.19. The Labute approximate surface area is 165 Å². The van der Waals surface area contributed by atoms with E-state index in [1.54, 1.807) is 37.8 Å². The van der Waals surface area contributed by atoms with E-state index in [2.05, 4.69) is 5.32 Å². The molecular formula is C17H25Cl2N3O3S. The van der Waals surface area contributed by atoms with Gasteiger partial charge in [0, 0.05) is 27.2 Å². The highest BCUT2D eigenvalue weighted by Gasteiger charge is 2.68. The zero-order valence-electron chi connectivity index (χ0n) is 15.6. The molecule has 0 aliphatic heterocycles. The van der Waals surface area contributed by atoms with E-state index in [9.17, 15) is 13.2 Å². The van der Waals surface area contributed by atoms with Crippen molar-refractivity contribution in [3.8, 4) is 0 Å². The molecule has 146 valence electrons. The molecule has 0 aromatic heterocycles. The first kappa shape index (κ1) is 21.3. The number of alkyl halides is 2. The number of hydrogen-bond acceptors (Lipinski definition) is 4. The Balaban J connectivity index is 2.43. The smallest absolute Gasteiger partial charge is 0.243 e. The summed E-state index contributed by atoms with van der Waals surface area (Å²) >= 11 is 12.2. The quantitative estimate of drug-likeness (QED) is 0.685. The molecule has 26 heavy (non-hydrogen) atoms. The summed E-state index contributed by atoms with van der Waals surface area (Å²) in [6.45, 7) is 6.00. The van der Waals surface area contributed by atoms with Gasteiger partial charge in [0.2, 0.25) is 15.9 Å². The third kappa shape index (κ3) is 3.67. The van der Waals surface area contributed by atoms with Crippen LogP contribution in [0.25, 0.3) is 0 Å². The summed E-state index contributed by atoms with van der Waals surface area (Å²) in [5, 5.41) is 2.80. The predicted octanol–water partition coefficient (Wildman–Crippen LogP) is 3.31. The van der Waals surface area contributed by atoms with Gasteiger partial charge in [-0.15, -0.1) is 23.2 Å². The van der Waals surface area contributed by atoms with Crippen LogP contribution in [0.2, 0.25) is 0 Å². The fourth-order valence-electron chi connectivity index (χ4n) is 2.78. The maximum absolute atomic E-state index is 12.8. The zero-order valence-corrected chi connectivity index (χ0v) is 18.0. The van der Waals surface area contributed by atoms with Crippen LogP contribution in [0.3, 0.4) is 0 Å². The Morgan fingerprint density at radius 2 is 1.77 bits per heavy atom. The van der Waals surface area contributed by atoms with Gasteiger partial charge in [0.15, 0.2) is 0 Å². The molecule has 1 aliphatic rings. The molecule has 1 aromatic rings. The largest absolute Gasteiger partial charge is 0.376 e. The monoisotopic (exact) mass is 421 g/mol. The lowest BCUT2D eigenvalue weighted by Crippen LogP contribution is -2.31. The molecule has 0 bridgehead atoms. The number of nitrogens with zero attached hydrogens (tertiary/aromatic N) is 2. The molecular weight excluding hydrogens is 397 g/mol. The number of nitrogens with one attached hydrogen (secondary N) is 1. The molecule has 9 heteroatoms. The number of anilines is 2. The number of hydrogen-bond donors (Lipinski definition) is 1. The molecule has 1 aliphatic carbocycles. The lowest BCUT2D eigenvalue weighted by molar-refractivity contribution is -0.120. The first-order valence-electron chi connectivity index (χ1n) is 8.41. The number of carbonyl (C=O) groups excluding carboxylic acids is 1. The number of benzene rings is 1. The van der Waals surface area contributed by atoms with Crippen LogP contribution < -0.4 is 10.2 Å². The average molecular weight is 422 g/mol. The van der Waals surface area contributed by atoms with E-state index in [0.29, 0.717) is 30.9 Å². The number of sulfonamides is 1. The summed E-state index contributed by atoms with van der Waals surface area (Å²) < 4.78 is 25.8. The Kier molecular flexibility index (Phi) is 5.88. The maximum atomic E-state index is 12.8. The van der Waals surface area contributed by atoms with Gasteiger partial charge in [-0.3, -0.25) is 4.79 Å². The van der Waals surface area contributed by atoms with Gasteiger partial charge in [-0.1, -0.05) is 13.8 Å². The fraction of sp³-hybridized carbons (Fsp3) is 0.588. The van der Waals surface area contributed by atoms with Gasteiger partial charge in [0.1, 0.15) is 4.33 Å². The Hall–Kier alpha value is -1.02. The molecule has 1 saturated carbocycles. The minimum Gasteiger partial charge on any atom is -0.376 e. The molecule has 1 fully saturated rings. The van der Waals surface area contributed by atoms with E-state index in [-0.39, 0.29) is 10.8 Å². The van der Waals surface area contributed by atoms with Crippen LogP contribution in [0.4, 0.5) is 11.4 Å². The molecule has 0 heterocycles. The summed E-state index contributed by atoms with van der Waals surface area (Å²) in [6.07, 6.45) is 0.351. The van der Waals surface area contributed by atoms with Gasteiger partial charge in [-0.25, -0.2) is 8.42 Å². The lowest BCUT2D eigenvalue weighted by atomic mass is 10.1. The topological polar surface area (TPSA) is 69.7 Å². The minimum atomic E-state index is -3.63. The van der Waals surface area contributed by atoms with Gasteiger partial charge < -0.3 is 10.2 Å². The summed E-state index contributed by atoms with van der Waals surface area (Å²) in [7, 11) is -0.00273. The SMILES string of the molecule is CCN(CC)S(=O)(=O)c1ccc(N(C)C)c(NC(=O)C2(C)CC2(Cl)Cl)c1. The third-order valence-electron chi connectivity index (χ3n) is 4.80. The van der Waals surface area contributed by atoms with E-state index in [1.165, 1.54) is 10.4 Å². The molecule has 2 rings (SSSR count). The Bertz CT molecular complexity index is 807.